The lowest BCUT2D eigenvalue weighted by atomic mass is 10.0. The van der Waals surface area contributed by atoms with Crippen molar-refractivity contribution in [2.24, 2.45) is 0 Å². The van der Waals surface area contributed by atoms with Crippen LogP contribution in [0.2, 0.25) is 0 Å². The lowest BCUT2D eigenvalue weighted by Gasteiger charge is -2.18. The summed E-state index contributed by atoms with van der Waals surface area (Å²) in [6.07, 6.45) is 84.6. The molecule has 0 fully saturated rings. The first-order valence-electron chi connectivity index (χ1n) is 32.6. The van der Waals surface area contributed by atoms with E-state index in [0.29, 0.717) is 19.3 Å². The first-order chi connectivity index (χ1) is 37.5. The number of carbonyl (C=O) groups is 3. The van der Waals surface area contributed by atoms with Gasteiger partial charge in [-0.2, -0.15) is 0 Å². The fourth-order valence-electron chi connectivity index (χ4n) is 9.23. The van der Waals surface area contributed by atoms with Gasteiger partial charge in [0.05, 0.1) is 0 Å². The lowest BCUT2D eigenvalue weighted by Crippen LogP contribution is -2.30. The predicted molar refractivity (Wildman–Crippen MR) is 330 cm³/mol. The number of hydrogen-bond acceptors (Lipinski definition) is 6. The molecule has 0 amide bonds. The lowest BCUT2D eigenvalue weighted by molar-refractivity contribution is -0.167. The van der Waals surface area contributed by atoms with Crippen molar-refractivity contribution in [3.05, 3.63) is 85.1 Å². The monoisotopic (exact) mass is 1060 g/mol. The summed E-state index contributed by atoms with van der Waals surface area (Å²) in [5.74, 6) is -0.889. The van der Waals surface area contributed by atoms with Crippen LogP contribution in [0.15, 0.2) is 85.1 Å². The smallest absolute Gasteiger partial charge is 0.306 e. The molecule has 1 atom stereocenters. The molecule has 0 aliphatic rings. The van der Waals surface area contributed by atoms with Gasteiger partial charge < -0.3 is 14.2 Å². The molecular weight excluding hydrogens is 937 g/mol. The highest BCUT2D eigenvalue weighted by molar-refractivity contribution is 5.71. The molecule has 6 heteroatoms. The quantitative estimate of drug-likeness (QED) is 0.0261. The molecule has 0 saturated heterocycles. The number of carbonyl (C=O) groups excluding carboxylic acids is 3. The summed E-state index contributed by atoms with van der Waals surface area (Å²) in [5.41, 5.74) is 0. The Labute approximate surface area is 471 Å². The average molecular weight is 1060 g/mol. The van der Waals surface area contributed by atoms with Crippen LogP contribution in [0.1, 0.15) is 323 Å². The van der Waals surface area contributed by atoms with Gasteiger partial charge in [0.25, 0.3) is 0 Å². The highest BCUT2D eigenvalue weighted by Crippen LogP contribution is 2.17. The molecule has 0 N–H and O–H groups in total. The van der Waals surface area contributed by atoms with Gasteiger partial charge in [-0.05, 0) is 109 Å². The van der Waals surface area contributed by atoms with Crippen LogP contribution >= 0.6 is 0 Å². The van der Waals surface area contributed by atoms with Gasteiger partial charge in [-0.15, -0.1) is 0 Å². The molecule has 0 bridgehead atoms. The first-order valence-corrected chi connectivity index (χ1v) is 32.6. The highest BCUT2D eigenvalue weighted by Gasteiger charge is 2.19. The molecular formula is C70H122O6. The van der Waals surface area contributed by atoms with Gasteiger partial charge in [-0.25, -0.2) is 0 Å². The van der Waals surface area contributed by atoms with Crippen molar-refractivity contribution >= 4 is 17.9 Å². The zero-order valence-electron chi connectivity index (χ0n) is 50.3. The number of rotatable bonds is 59. The van der Waals surface area contributed by atoms with E-state index in [1.54, 1.807) is 0 Å². The third-order valence-electron chi connectivity index (χ3n) is 14.1. The van der Waals surface area contributed by atoms with E-state index in [4.69, 9.17) is 14.2 Å². The van der Waals surface area contributed by atoms with E-state index in [0.717, 1.165) is 109 Å². The Morgan fingerprint density at radius 2 is 0.539 bits per heavy atom. The maximum atomic E-state index is 12.9. The Balaban J connectivity index is 4.21. The number of unbranched alkanes of at least 4 members (excludes halogenated alkanes) is 34. The van der Waals surface area contributed by atoms with E-state index in [2.05, 4.69) is 106 Å². The summed E-state index contributed by atoms with van der Waals surface area (Å²) in [7, 11) is 0. The van der Waals surface area contributed by atoms with Gasteiger partial charge in [0.2, 0.25) is 0 Å². The summed E-state index contributed by atoms with van der Waals surface area (Å²) < 4.78 is 16.9. The Morgan fingerprint density at radius 1 is 0.276 bits per heavy atom. The van der Waals surface area contributed by atoms with E-state index in [-0.39, 0.29) is 31.1 Å². The molecule has 0 heterocycles. The predicted octanol–water partition coefficient (Wildman–Crippen LogP) is 22.3. The van der Waals surface area contributed by atoms with Crippen LogP contribution < -0.4 is 0 Å². The van der Waals surface area contributed by atoms with Crippen molar-refractivity contribution in [2.45, 2.75) is 329 Å². The SMILES string of the molecule is CC/C=C\C/C=C\C/C=C\C/C=C\CCCCCCCCCCC(=O)OC(COC(=O)CCCCCCC/C=C\CCC)COC(=O)CCCCCCCCCCCCCCCCC/C=C\C/C=C\CCCCCCC. The van der Waals surface area contributed by atoms with Crippen molar-refractivity contribution in [3.8, 4) is 0 Å². The molecule has 1 unspecified atom stereocenters. The molecule has 76 heavy (non-hydrogen) atoms. The molecule has 0 saturated carbocycles. The number of hydrogen-bond donors (Lipinski definition) is 0. The second-order valence-electron chi connectivity index (χ2n) is 21.6. The van der Waals surface area contributed by atoms with Crippen molar-refractivity contribution < 1.29 is 28.6 Å². The van der Waals surface area contributed by atoms with Crippen molar-refractivity contribution in [2.75, 3.05) is 13.2 Å². The molecule has 438 valence electrons. The van der Waals surface area contributed by atoms with E-state index in [1.807, 2.05) is 0 Å². The summed E-state index contributed by atoms with van der Waals surface area (Å²) in [4.78, 5) is 38.2. The summed E-state index contributed by atoms with van der Waals surface area (Å²) in [6, 6.07) is 0. The molecule has 6 nitrogen and oxygen atoms in total. The highest BCUT2D eigenvalue weighted by atomic mass is 16.6. The third-order valence-corrected chi connectivity index (χ3v) is 14.1. The molecule has 0 rings (SSSR count). The molecule has 0 spiro atoms. The first kappa shape index (κ1) is 72.6. The minimum Gasteiger partial charge on any atom is -0.462 e. The fourth-order valence-corrected chi connectivity index (χ4v) is 9.23. The van der Waals surface area contributed by atoms with Gasteiger partial charge in [0.15, 0.2) is 6.10 Å². The van der Waals surface area contributed by atoms with Crippen molar-refractivity contribution in [1.29, 1.82) is 0 Å². The number of ether oxygens (including phenoxy) is 3. The second kappa shape index (κ2) is 64.1. The van der Waals surface area contributed by atoms with E-state index < -0.39 is 6.10 Å². The average Bonchev–Trinajstić information content (AvgIpc) is 3.42. The third kappa shape index (κ3) is 61.4. The summed E-state index contributed by atoms with van der Waals surface area (Å²) >= 11 is 0. The normalized spacial score (nSPS) is 12.6. The van der Waals surface area contributed by atoms with Gasteiger partial charge in [-0.1, -0.05) is 279 Å². The standard InChI is InChI=1S/C70H122O6/c1-4-7-10-13-16-19-22-24-26-28-30-32-33-34-35-36-37-39-40-42-44-46-48-51-54-57-60-63-69(72)75-66-67(65-74-68(71)62-59-56-53-50-21-18-15-12-9-6-3)76-70(73)64-61-58-55-52-49-47-45-43-41-38-31-29-27-25-23-20-17-14-11-8-5-2/h8,11-12,15,17,20,22,24-25,27-28,30-31,38,67H,4-7,9-10,13-14,16,18-19,21,23,26,29,32-37,39-66H2,1-3H3/b11-8-,15-12-,20-17-,24-22-,27-25-,30-28-,38-31-. The Morgan fingerprint density at radius 3 is 0.868 bits per heavy atom. The largest absolute Gasteiger partial charge is 0.462 e. The molecule has 0 radical (unpaired) electrons. The van der Waals surface area contributed by atoms with Gasteiger partial charge in [0, 0.05) is 19.3 Å². The molecule has 0 aromatic carbocycles. The van der Waals surface area contributed by atoms with Gasteiger partial charge in [-0.3, -0.25) is 14.4 Å². The van der Waals surface area contributed by atoms with E-state index in [9.17, 15) is 14.4 Å². The van der Waals surface area contributed by atoms with Crippen molar-refractivity contribution in [3.63, 3.8) is 0 Å². The fraction of sp³-hybridized carbons (Fsp3) is 0.757. The van der Waals surface area contributed by atoms with E-state index in [1.165, 1.54) is 173 Å². The molecule has 0 aliphatic carbocycles. The van der Waals surface area contributed by atoms with Gasteiger partial charge >= 0.3 is 17.9 Å². The van der Waals surface area contributed by atoms with Crippen LogP contribution in [0.5, 0.6) is 0 Å². The van der Waals surface area contributed by atoms with Crippen LogP contribution in [0.25, 0.3) is 0 Å². The Hall–Kier alpha value is -3.41. The molecule has 0 aromatic rings. The van der Waals surface area contributed by atoms with Crippen LogP contribution in [0.3, 0.4) is 0 Å². The number of esters is 3. The van der Waals surface area contributed by atoms with Gasteiger partial charge in [0.1, 0.15) is 13.2 Å². The molecule has 0 aromatic heterocycles. The maximum Gasteiger partial charge on any atom is 0.306 e. The Kier molecular flexibility index (Phi) is 61.2. The van der Waals surface area contributed by atoms with Crippen molar-refractivity contribution in [1.82, 2.24) is 0 Å². The second-order valence-corrected chi connectivity index (χ2v) is 21.6. The van der Waals surface area contributed by atoms with E-state index >= 15 is 0 Å². The van der Waals surface area contributed by atoms with Crippen LogP contribution in [0.4, 0.5) is 0 Å². The summed E-state index contributed by atoms with van der Waals surface area (Å²) in [6.45, 7) is 6.47. The van der Waals surface area contributed by atoms with Crippen LogP contribution in [-0.2, 0) is 28.6 Å². The minimum absolute atomic E-state index is 0.0809. The topological polar surface area (TPSA) is 78.9 Å². The zero-order chi connectivity index (χ0) is 55.0. The van der Waals surface area contributed by atoms with Crippen LogP contribution in [-0.4, -0.2) is 37.2 Å². The minimum atomic E-state index is -0.784. The molecule has 0 aliphatic heterocycles. The maximum absolute atomic E-state index is 12.9. The zero-order valence-corrected chi connectivity index (χ0v) is 50.3. The van der Waals surface area contributed by atoms with Crippen LogP contribution in [0, 0.1) is 0 Å². The Bertz CT molecular complexity index is 1450. The summed E-state index contributed by atoms with van der Waals surface area (Å²) in [5, 5.41) is 0. The number of allylic oxidation sites excluding steroid dienone is 14.